The zero-order valence-corrected chi connectivity index (χ0v) is 12.4. The van der Waals surface area contributed by atoms with Gasteiger partial charge in [-0.15, -0.1) is 0 Å². The molecule has 0 unspecified atom stereocenters. The van der Waals surface area contributed by atoms with Gasteiger partial charge >= 0.3 is 0 Å². The molecule has 0 amide bonds. The predicted octanol–water partition coefficient (Wildman–Crippen LogP) is 3.13. The number of hydrogen-bond acceptors (Lipinski definition) is 4. The number of hydrogen-bond donors (Lipinski definition) is 0. The number of nitrogens with zero attached hydrogens (tertiary/aromatic N) is 3. The van der Waals surface area contributed by atoms with Gasteiger partial charge in [0, 0.05) is 25.4 Å². The van der Waals surface area contributed by atoms with E-state index in [1.165, 1.54) is 19.3 Å². The summed E-state index contributed by atoms with van der Waals surface area (Å²) in [7, 11) is 0. The van der Waals surface area contributed by atoms with E-state index in [-0.39, 0.29) is 0 Å². The Labute approximate surface area is 121 Å². The van der Waals surface area contributed by atoms with Crippen LogP contribution in [0.2, 0.25) is 0 Å². The Morgan fingerprint density at radius 3 is 2.95 bits per heavy atom. The summed E-state index contributed by atoms with van der Waals surface area (Å²) in [5.41, 5.74) is 0.616. The molecule has 20 heavy (non-hydrogen) atoms. The standard InChI is InChI=1S/C16H23N3O/c1-13(2)20-10-8-15-5-3-4-9-19(15)16-7-6-14(11-17)12-18-16/h6-7,12-13,15H,3-5,8-10H2,1-2H3/t15-/m1/s1. The summed E-state index contributed by atoms with van der Waals surface area (Å²) >= 11 is 0. The molecule has 108 valence electrons. The average molecular weight is 273 g/mol. The van der Waals surface area contributed by atoms with Crippen molar-refractivity contribution in [2.75, 3.05) is 18.1 Å². The molecule has 0 bridgehead atoms. The van der Waals surface area contributed by atoms with Crippen molar-refractivity contribution in [2.45, 2.75) is 51.7 Å². The second-order valence-electron chi connectivity index (χ2n) is 5.57. The molecule has 1 aliphatic heterocycles. The quantitative estimate of drug-likeness (QED) is 0.827. The smallest absolute Gasteiger partial charge is 0.128 e. The monoisotopic (exact) mass is 273 g/mol. The van der Waals surface area contributed by atoms with Crippen molar-refractivity contribution in [3.8, 4) is 6.07 Å². The van der Waals surface area contributed by atoms with Crippen LogP contribution >= 0.6 is 0 Å². The molecule has 0 N–H and O–H groups in total. The highest BCUT2D eigenvalue weighted by Gasteiger charge is 2.23. The molecule has 0 spiro atoms. The van der Waals surface area contributed by atoms with E-state index in [2.05, 4.69) is 29.8 Å². The lowest BCUT2D eigenvalue weighted by atomic mass is 9.99. The van der Waals surface area contributed by atoms with Crippen LogP contribution in [0.15, 0.2) is 18.3 Å². The molecule has 0 aliphatic carbocycles. The van der Waals surface area contributed by atoms with Crippen molar-refractivity contribution in [1.82, 2.24) is 4.98 Å². The molecule has 2 rings (SSSR count). The Morgan fingerprint density at radius 2 is 2.30 bits per heavy atom. The van der Waals surface area contributed by atoms with Crippen molar-refractivity contribution in [3.63, 3.8) is 0 Å². The first-order valence-electron chi connectivity index (χ1n) is 7.45. The fourth-order valence-corrected chi connectivity index (χ4v) is 2.66. The van der Waals surface area contributed by atoms with Crippen LogP contribution in [0, 0.1) is 11.3 Å². The maximum Gasteiger partial charge on any atom is 0.128 e. The summed E-state index contributed by atoms with van der Waals surface area (Å²) in [4.78, 5) is 6.80. The number of anilines is 1. The van der Waals surface area contributed by atoms with Gasteiger partial charge in [0.1, 0.15) is 11.9 Å². The van der Waals surface area contributed by atoms with Crippen LogP contribution in [-0.4, -0.2) is 30.3 Å². The van der Waals surface area contributed by atoms with E-state index in [1.54, 1.807) is 6.20 Å². The first-order valence-corrected chi connectivity index (χ1v) is 7.45. The summed E-state index contributed by atoms with van der Waals surface area (Å²) in [6.45, 7) is 5.99. The molecular weight excluding hydrogens is 250 g/mol. The van der Waals surface area contributed by atoms with Gasteiger partial charge in [0.25, 0.3) is 0 Å². The maximum absolute atomic E-state index is 8.84. The average Bonchev–Trinajstić information content (AvgIpc) is 2.47. The van der Waals surface area contributed by atoms with Gasteiger partial charge in [-0.05, 0) is 51.7 Å². The second-order valence-corrected chi connectivity index (χ2v) is 5.57. The molecule has 1 aromatic rings. The van der Waals surface area contributed by atoms with E-state index in [1.807, 2.05) is 12.1 Å². The third-order valence-corrected chi connectivity index (χ3v) is 3.70. The summed E-state index contributed by atoms with van der Waals surface area (Å²) < 4.78 is 5.68. The van der Waals surface area contributed by atoms with Crippen LogP contribution in [0.25, 0.3) is 0 Å². The number of ether oxygens (including phenoxy) is 1. The summed E-state index contributed by atoms with van der Waals surface area (Å²) in [5, 5.41) is 8.84. The Morgan fingerprint density at radius 1 is 1.45 bits per heavy atom. The summed E-state index contributed by atoms with van der Waals surface area (Å²) in [5.74, 6) is 0.984. The number of rotatable bonds is 5. The molecule has 4 nitrogen and oxygen atoms in total. The third-order valence-electron chi connectivity index (χ3n) is 3.70. The maximum atomic E-state index is 8.84. The molecule has 1 aliphatic rings. The lowest BCUT2D eigenvalue weighted by Crippen LogP contribution is -2.40. The molecule has 0 radical (unpaired) electrons. The SMILES string of the molecule is CC(C)OCC[C@H]1CCCCN1c1ccc(C#N)cn1. The van der Waals surface area contributed by atoms with E-state index in [9.17, 15) is 0 Å². The molecule has 0 saturated carbocycles. The first-order chi connectivity index (χ1) is 9.70. The van der Waals surface area contributed by atoms with E-state index in [4.69, 9.17) is 10.00 Å². The number of piperidine rings is 1. The lowest BCUT2D eigenvalue weighted by Gasteiger charge is -2.36. The van der Waals surface area contributed by atoms with Gasteiger partial charge in [-0.3, -0.25) is 0 Å². The molecule has 4 heteroatoms. The Balaban J connectivity index is 2.00. The van der Waals surface area contributed by atoms with Gasteiger partial charge in [-0.1, -0.05) is 0 Å². The molecule has 1 aromatic heterocycles. The third kappa shape index (κ3) is 3.94. The largest absolute Gasteiger partial charge is 0.379 e. The van der Waals surface area contributed by atoms with Crippen LogP contribution in [0.5, 0.6) is 0 Å². The van der Waals surface area contributed by atoms with Gasteiger partial charge in [0.05, 0.1) is 11.7 Å². The molecule has 1 saturated heterocycles. The highest BCUT2D eigenvalue weighted by Crippen LogP contribution is 2.25. The number of aromatic nitrogens is 1. The fraction of sp³-hybridized carbons (Fsp3) is 0.625. The molecule has 1 atom stereocenters. The van der Waals surface area contributed by atoms with Crippen molar-refractivity contribution in [2.24, 2.45) is 0 Å². The van der Waals surface area contributed by atoms with Gasteiger partial charge in [-0.25, -0.2) is 4.98 Å². The van der Waals surface area contributed by atoms with Gasteiger partial charge in [-0.2, -0.15) is 5.26 Å². The van der Waals surface area contributed by atoms with Crippen molar-refractivity contribution >= 4 is 5.82 Å². The van der Waals surface area contributed by atoms with Crippen LogP contribution < -0.4 is 4.90 Å². The lowest BCUT2D eigenvalue weighted by molar-refractivity contribution is 0.0717. The highest BCUT2D eigenvalue weighted by molar-refractivity contribution is 5.43. The van der Waals surface area contributed by atoms with E-state index in [0.29, 0.717) is 17.7 Å². The molecule has 0 aromatic carbocycles. The highest BCUT2D eigenvalue weighted by atomic mass is 16.5. The minimum atomic E-state index is 0.292. The molecule has 2 heterocycles. The van der Waals surface area contributed by atoms with Crippen molar-refractivity contribution < 1.29 is 4.74 Å². The van der Waals surface area contributed by atoms with Crippen molar-refractivity contribution in [1.29, 1.82) is 5.26 Å². The topological polar surface area (TPSA) is 49.1 Å². The van der Waals surface area contributed by atoms with Crippen LogP contribution in [0.1, 0.15) is 45.1 Å². The van der Waals surface area contributed by atoms with Crippen LogP contribution in [-0.2, 0) is 4.74 Å². The van der Waals surface area contributed by atoms with Crippen LogP contribution in [0.4, 0.5) is 5.82 Å². The number of pyridine rings is 1. The molecular formula is C16H23N3O. The minimum absolute atomic E-state index is 0.292. The van der Waals surface area contributed by atoms with E-state index >= 15 is 0 Å². The van der Waals surface area contributed by atoms with Crippen LogP contribution in [0.3, 0.4) is 0 Å². The zero-order valence-electron chi connectivity index (χ0n) is 12.4. The fourth-order valence-electron chi connectivity index (χ4n) is 2.66. The Kier molecular flexibility index (Phi) is 5.37. The van der Waals surface area contributed by atoms with Gasteiger partial charge < -0.3 is 9.64 Å². The minimum Gasteiger partial charge on any atom is -0.379 e. The second kappa shape index (κ2) is 7.25. The summed E-state index contributed by atoms with van der Waals surface area (Å²) in [6.07, 6.45) is 6.68. The summed E-state index contributed by atoms with van der Waals surface area (Å²) in [6, 6.07) is 6.42. The van der Waals surface area contributed by atoms with E-state index < -0.39 is 0 Å². The molecule has 1 fully saturated rings. The van der Waals surface area contributed by atoms with Gasteiger partial charge in [0.15, 0.2) is 0 Å². The first kappa shape index (κ1) is 14.8. The van der Waals surface area contributed by atoms with Crippen molar-refractivity contribution in [3.05, 3.63) is 23.9 Å². The van der Waals surface area contributed by atoms with E-state index in [0.717, 1.165) is 25.4 Å². The number of nitriles is 1. The Bertz CT molecular complexity index is 450. The predicted molar refractivity (Wildman–Crippen MR) is 79.6 cm³/mol. The zero-order chi connectivity index (χ0) is 14.4. The normalized spacial score (nSPS) is 19.1. The van der Waals surface area contributed by atoms with Gasteiger partial charge in [0.2, 0.25) is 0 Å². The Hall–Kier alpha value is -1.60.